The van der Waals surface area contributed by atoms with Gasteiger partial charge in [0.25, 0.3) is 0 Å². The van der Waals surface area contributed by atoms with E-state index in [-0.39, 0.29) is 0 Å². The average Bonchev–Trinajstić information content (AvgIpc) is 2.54. The van der Waals surface area contributed by atoms with E-state index in [1.54, 1.807) is 0 Å². The summed E-state index contributed by atoms with van der Waals surface area (Å²) in [6.07, 6.45) is 0. The SMILES string of the molecule is Cc1ccccc1CNc1ccc(C#N)c2ccccc12. The number of fused-ring (bicyclic) bond motifs is 1. The predicted octanol–water partition coefficient (Wildman–Crippen LogP) is 4.63. The molecule has 0 unspecified atom stereocenters. The Hall–Kier alpha value is -2.79. The van der Waals surface area contributed by atoms with Crippen LogP contribution in [0.5, 0.6) is 0 Å². The Morgan fingerprint density at radius 3 is 2.38 bits per heavy atom. The molecule has 0 aliphatic heterocycles. The minimum atomic E-state index is 0.715. The molecular weight excluding hydrogens is 256 g/mol. The van der Waals surface area contributed by atoms with Crippen LogP contribution in [0.25, 0.3) is 10.8 Å². The van der Waals surface area contributed by atoms with Crippen molar-refractivity contribution >= 4 is 16.5 Å². The molecule has 1 N–H and O–H groups in total. The van der Waals surface area contributed by atoms with E-state index in [0.717, 1.165) is 23.0 Å². The first-order chi connectivity index (χ1) is 10.3. The summed E-state index contributed by atoms with van der Waals surface area (Å²) in [4.78, 5) is 0. The van der Waals surface area contributed by atoms with Crippen LogP contribution in [0, 0.1) is 18.3 Å². The maximum atomic E-state index is 9.20. The number of hydrogen-bond donors (Lipinski definition) is 1. The maximum absolute atomic E-state index is 9.20. The largest absolute Gasteiger partial charge is 0.380 e. The summed E-state index contributed by atoms with van der Waals surface area (Å²) in [5, 5.41) is 14.8. The lowest BCUT2D eigenvalue weighted by molar-refractivity contribution is 1.12. The number of rotatable bonds is 3. The molecule has 3 rings (SSSR count). The van der Waals surface area contributed by atoms with Crippen molar-refractivity contribution in [3.8, 4) is 6.07 Å². The van der Waals surface area contributed by atoms with Crippen molar-refractivity contribution in [3.05, 3.63) is 77.4 Å². The molecule has 0 atom stereocenters. The van der Waals surface area contributed by atoms with Gasteiger partial charge in [-0.1, -0.05) is 48.5 Å². The Morgan fingerprint density at radius 1 is 0.905 bits per heavy atom. The molecule has 0 saturated carbocycles. The Bertz CT molecular complexity index is 828. The molecule has 0 amide bonds. The number of nitriles is 1. The highest BCUT2D eigenvalue weighted by Gasteiger charge is 2.05. The minimum absolute atomic E-state index is 0.715. The van der Waals surface area contributed by atoms with E-state index < -0.39 is 0 Å². The van der Waals surface area contributed by atoms with Crippen molar-refractivity contribution in [3.63, 3.8) is 0 Å². The van der Waals surface area contributed by atoms with Gasteiger partial charge in [-0.3, -0.25) is 0 Å². The van der Waals surface area contributed by atoms with Crippen LogP contribution >= 0.6 is 0 Å². The van der Waals surface area contributed by atoms with Crippen LogP contribution < -0.4 is 5.32 Å². The fourth-order valence-electron chi connectivity index (χ4n) is 2.55. The quantitative estimate of drug-likeness (QED) is 0.754. The Kier molecular flexibility index (Phi) is 3.57. The normalized spacial score (nSPS) is 10.3. The van der Waals surface area contributed by atoms with Crippen molar-refractivity contribution in [1.29, 1.82) is 5.26 Å². The first kappa shape index (κ1) is 13.2. The molecule has 2 nitrogen and oxygen atoms in total. The van der Waals surface area contributed by atoms with Crippen LogP contribution in [0.15, 0.2) is 60.7 Å². The highest BCUT2D eigenvalue weighted by Crippen LogP contribution is 2.26. The smallest absolute Gasteiger partial charge is 0.0998 e. The van der Waals surface area contributed by atoms with Gasteiger partial charge in [-0.25, -0.2) is 0 Å². The molecule has 0 radical (unpaired) electrons. The zero-order valence-corrected chi connectivity index (χ0v) is 11.9. The minimum Gasteiger partial charge on any atom is -0.380 e. The van der Waals surface area contributed by atoms with Gasteiger partial charge < -0.3 is 5.32 Å². The topological polar surface area (TPSA) is 35.8 Å². The molecule has 0 spiro atoms. The third-order valence-corrected chi connectivity index (χ3v) is 3.78. The Morgan fingerprint density at radius 2 is 1.62 bits per heavy atom. The average molecular weight is 272 g/mol. The van der Waals surface area contributed by atoms with Crippen molar-refractivity contribution < 1.29 is 0 Å². The summed E-state index contributed by atoms with van der Waals surface area (Å²) in [5.41, 5.74) is 4.34. The zero-order chi connectivity index (χ0) is 14.7. The number of nitrogens with one attached hydrogen (secondary N) is 1. The molecule has 3 aromatic carbocycles. The molecule has 102 valence electrons. The molecule has 0 heterocycles. The van der Waals surface area contributed by atoms with E-state index in [4.69, 9.17) is 0 Å². The van der Waals surface area contributed by atoms with Crippen molar-refractivity contribution in [1.82, 2.24) is 0 Å². The molecule has 21 heavy (non-hydrogen) atoms. The first-order valence-electron chi connectivity index (χ1n) is 7.00. The summed E-state index contributed by atoms with van der Waals surface area (Å²) in [7, 11) is 0. The standard InChI is InChI=1S/C19H16N2/c1-14-6-2-3-7-16(14)13-21-19-11-10-15(12-20)17-8-4-5-9-18(17)19/h2-11,21H,13H2,1H3. The van der Waals surface area contributed by atoms with Crippen LogP contribution in [0.4, 0.5) is 5.69 Å². The van der Waals surface area contributed by atoms with E-state index in [1.165, 1.54) is 11.1 Å². The molecule has 0 aliphatic rings. The van der Waals surface area contributed by atoms with Gasteiger partial charge in [0.05, 0.1) is 11.6 Å². The van der Waals surface area contributed by atoms with Crippen LogP contribution in [0.1, 0.15) is 16.7 Å². The van der Waals surface area contributed by atoms with Gasteiger partial charge in [0.15, 0.2) is 0 Å². The van der Waals surface area contributed by atoms with Crippen molar-refractivity contribution in [2.45, 2.75) is 13.5 Å². The summed E-state index contributed by atoms with van der Waals surface area (Å²) in [6.45, 7) is 2.90. The van der Waals surface area contributed by atoms with Gasteiger partial charge in [-0.2, -0.15) is 5.26 Å². The zero-order valence-electron chi connectivity index (χ0n) is 11.9. The lowest BCUT2D eigenvalue weighted by atomic mass is 10.0. The van der Waals surface area contributed by atoms with Gasteiger partial charge in [0, 0.05) is 23.0 Å². The number of aryl methyl sites for hydroxylation is 1. The second kappa shape index (κ2) is 5.68. The van der Waals surface area contributed by atoms with E-state index in [2.05, 4.69) is 48.6 Å². The van der Waals surface area contributed by atoms with Gasteiger partial charge in [0.2, 0.25) is 0 Å². The number of anilines is 1. The number of nitrogens with zero attached hydrogens (tertiary/aromatic N) is 1. The Balaban J connectivity index is 1.95. The third-order valence-electron chi connectivity index (χ3n) is 3.78. The van der Waals surface area contributed by atoms with Crippen LogP contribution in [-0.4, -0.2) is 0 Å². The van der Waals surface area contributed by atoms with Gasteiger partial charge in [0.1, 0.15) is 0 Å². The molecule has 2 heteroatoms. The van der Waals surface area contributed by atoms with Gasteiger partial charge in [-0.05, 0) is 30.2 Å². The first-order valence-corrected chi connectivity index (χ1v) is 7.00. The summed E-state index contributed by atoms with van der Waals surface area (Å²) in [6, 6.07) is 22.5. The molecule has 0 aliphatic carbocycles. The second-order valence-corrected chi connectivity index (χ2v) is 5.10. The Labute approximate surface area is 124 Å². The summed E-state index contributed by atoms with van der Waals surface area (Å²) in [5.74, 6) is 0. The highest BCUT2D eigenvalue weighted by atomic mass is 14.9. The van der Waals surface area contributed by atoms with E-state index >= 15 is 0 Å². The second-order valence-electron chi connectivity index (χ2n) is 5.10. The molecule has 0 aromatic heterocycles. The van der Waals surface area contributed by atoms with Gasteiger partial charge in [-0.15, -0.1) is 0 Å². The van der Waals surface area contributed by atoms with E-state index in [0.29, 0.717) is 5.56 Å². The van der Waals surface area contributed by atoms with Crippen LogP contribution in [0.2, 0.25) is 0 Å². The molecule has 3 aromatic rings. The molecular formula is C19H16N2. The fourth-order valence-corrected chi connectivity index (χ4v) is 2.55. The maximum Gasteiger partial charge on any atom is 0.0998 e. The van der Waals surface area contributed by atoms with Crippen molar-refractivity contribution in [2.75, 3.05) is 5.32 Å². The van der Waals surface area contributed by atoms with Crippen LogP contribution in [-0.2, 0) is 6.54 Å². The summed E-state index contributed by atoms with van der Waals surface area (Å²) >= 11 is 0. The van der Waals surface area contributed by atoms with E-state index in [9.17, 15) is 5.26 Å². The number of hydrogen-bond acceptors (Lipinski definition) is 2. The third kappa shape index (κ3) is 2.59. The lowest BCUT2D eigenvalue weighted by Crippen LogP contribution is -2.02. The van der Waals surface area contributed by atoms with Crippen molar-refractivity contribution in [2.24, 2.45) is 0 Å². The van der Waals surface area contributed by atoms with E-state index in [1.807, 2.05) is 30.3 Å². The van der Waals surface area contributed by atoms with Gasteiger partial charge >= 0.3 is 0 Å². The molecule has 0 fully saturated rings. The molecule has 0 saturated heterocycles. The lowest BCUT2D eigenvalue weighted by Gasteiger charge is -2.12. The highest BCUT2D eigenvalue weighted by molar-refractivity contribution is 5.97. The van der Waals surface area contributed by atoms with Crippen LogP contribution in [0.3, 0.4) is 0 Å². The molecule has 0 bridgehead atoms. The summed E-state index contributed by atoms with van der Waals surface area (Å²) < 4.78 is 0. The predicted molar refractivity (Wildman–Crippen MR) is 87.2 cm³/mol. The monoisotopic (exact) mass is 272 g/mol. The fraction of sp³-hybridized carbons (Fsp3) is 0.105. The number of benzene rings is 3.